The first kappa shape index (κ1) is 13.4. The van der Waals surface area contributed by atoms with E-state index in [1.165, 1.54) is 0 Å². The Hall–Kier alpha value is -1.68. The zero-order valence-corrected chi connectivity index (χ0v) is 9.72. The highest BCUT2D eigenvalue weighted by Gasteiger charge is 2.58. The van der Waals surface area contributed by atoms with Gasteiger partial charge in [-0.15, -0.1) is 0 Å². The van der Waals surface area contributed by atoms with Crippen LogP contribution in [0.4, 0.5) is 0 Å². The number of amides is 2. The van der Waals surface area contributed by atoms with Gasteiger partial charge in [0.1, 0.15) is 6.04 Å². The van der Waals surface area contributed by atoms with E-state index in [2.05, 4.69) is 10.1 Å². The maximum Gasteiger partial charge on any atom is 0.363 e. The summed E-state index contributed by atoms with van der Waals surface area (Å²) in [5.74, 6) is -2.77. The van der Waals surface area contributed by atoms with Gasteiger partial charge in [-0.1, -0.05) is 0 Å². The molecule has 0 bridgehead atoms. The van der Waals surface area contributed by atoms with Crippen LogP contribution in [0.3, 0.4) is 0 Å². The van der Waals surface area contributed by atoms with Gasteiger partial charge in [-0.05, 0) is 0 Å². The molecule has 2 amide bonds. The second kappa shape index (κ2) is 4.30. The predicted molar refractivity (Wildman–Crippen MR) is 51.8 cm³/mol. The van der Waals surface area contributed by atoms with Crippen LogP contribution >= 0.6 is 0 Å². The van der Waals surface area contributed by atoms with Crippen molar-refractivity contribution in [1.29, 1.82) is 0 Å². The molecule has 17 heavy (non-hydrogen) atoms. The molecule has 0 aliphatic carbocycles. The number of methoxy groups -OCH3 is 1. The number of nitrogens with zero attached hydrogens (tertiary/aromatic N) is 1. The summed E-state index contributed by atoms with van der Waals surface area (Å²) in [4.78, 5) is 33.3. The van der Waals surface area contributed by atoms with Crippen molar-refractivity contribution >= 4 is 28.1 Å². The summed E-state index contributed by atoms with van der Waals surface area (Å²) >= 11 is 0. The van der Waals surface area contributed by atoms with Gasteiger partial charge in [0.2, 0.25) is 5.91 Å². The van der Waals surface area contributed by atoms with Gasteiger partial charge in [-0.2, -0.15) is 12.7 Å². The van der Waals surface area contributed by atoms with Crippen LogP contribution in [-0.2, 0) is 29.4 Å². The van der Waals surface area contributed by atoms with Crippen LogP contribution in [0.15, 0.2) is 0 Å². The second-order valence-corrected chi connectivity index (χ2v) is 4.55. The maximum absolute atomic E-state index is 11.3. The van der Waals surface area contributed by atoms with Crippen LogP contribution in [0, 0.1) is 0 Å². The van der Waals surface area contributed by atoms with Gasteiger partial charge in [0.15, 0.2) is 6.04 Å². The fourth-order valence-corrected chi connectivity index (χ4v) is 2.27. The molecular formula is C7H10N2O7S. The Morgan fingerprint density at radius 1 is 1.47 bits per heavy atom. The SMILES string of the molecule is COC(=O)C1C(NC(C)=O)C(=O)N1S(=O)(=O)O. The number of carbonyl (C=O) groups is 3. The third-order valence-corrected chi connectivity index (χ3v) is 3.01. The molecule has 2 N–H and O–H groups in total. The average Bonchev–Trinajstić information content (AvgIpc) is 2.18. The molecule has 0 aromatic carbocycles. The first-order valence-electron chi connectivity index (χ1n) is 4.35. The maximum atomic E-state index is 11.3. The Morgan fingerprint density at radius 2 is 2.00 bits per heavy atom. The van der Waals surface area contributed by atoms with Crippen molar-refractivity contribution in [2.45, 2.75) is 19.0 Å². The van der Waals surface area contributed by atoms with Gasteiger partial charge < -0.3 is 10.1 Å². The van der Waals surface area contributed by atoms with Gasteiger partial charge in [0, 0.05) is 6.92 Å². The molecule has 2 unspecified atom stereocenters. The molecule has 0 saturated carbocycles. The van der Waals surface area contributed by atoms with Gasteiger partial charge in [0.25, 0.3) is 5.91 Å². The Morgan fingerprint density at radius 3 is 2.35 bits per heavy atom. The van der Waals surface area contributed by atoms with Crippen molar-refractivity contribution in [3.05, 3.63) is 0 Å². The third kappa shape index (κ3) is 2.36. The first-order valence-corrected chi connectivity index (χ1v) is 5.75. The number of hydrogen-bond acceptors (Lipinski definition) is 6. The van der Waals surface area contributed by atoms with E-state index in [0.717, 1.165) is 14.0 Å². The Labute approximate surface area is 96.6 Å². The summed E-state index contributed by atoms with van der Waals surface area (Å²) in [6.45, 7) is 1.09. The molecule has 1 aliphatic rings. The van der Waals surface area contributed by atoms with E-state index in [9.17, 15) is 22.8 Å². The molecule has 2 atom stereocenters. The summed E-state index contributed by atoms with van der Waals surface area (Å²) in [7, 11) is -3.87. The predicted octanol–water partition coefficient (Wildman–Crippen LogP) is -2.32. The van der Waals surface area contributed by atoms with Crippen molar-refractivity contribution in [2.24, 2.45) is 0 Å². The lowest BCUT2D eigenvalue weighted by atomic mass is 9.99. The summed E-state index contributed by atoms with van der Waals surface area (Å²) in [6, 6.07) is -2.92. The van der Waals surface area contributed by atoms with Crippen LogP contribution in [-0.4, -0.2) is 54.3 Å². The minimum atomic E-state index is -4.86. The minimum Gasteiger partial charge on any atom is -0.467 e. The quantitative estimate of drug-likeness (QED) is 0.333. The van der Waals surface area contributed by atoms with Gasteiger partial charge in [-0.25, -0.2) is 4.79 Å². The van der Waals surface area contributed by atoms with E-state index in [1.807, 2.05) is 0 Å². The van der Waals surface area contributed by atoms with E-state index in [-0.39, 0.29) is 4.31 Å². The molecule has 10 heteroatoms. The van der Waals surface area contributed by atoms with E-state index in [0.29, 0.717) is 0 Å². The van der Waals surface area contributed by atoms with Crippen molar-refractivity contribution in [3.8, 4) is 0 Å². The molecule has 96 valence electrons. The number of carbonyl (C=O) groups excluding carboxylic acids is 3. The van der Waals surface area contributed by atoms with Crippen molar-refractivity contribution in [3.63, 3.8) is 0 Å². The lowest BCUT2D eigenvalue weighted by molar-refractivity contribution is -0.162. The molecule has 9 nitrogen and oxygen atoms in total. The van der Waals surface area contributed by atoms with Crippen LogP contribution in [0.5, 0.6) is 0 Å². The number of β-lactam (4-membered cyclic amide) rings is 1. The largest absolute Gasteiger partial charge is 0.467 e. The van der Waals surface area contributed by atoms with Crippen molar-refractivity contribution < 1.29 is 32.1 Å². The molecule has 0 aromatic rings. The van der Waals surface area contributed by atoms with E-state index >= 15 is 0 Å². The minimum absolute atomic E-state index is 0.0422. The van der Waals surface area contributed by atoms with Gasteiger partial charge in [0.05, 0.1) is 7.11 Å². The van der Waals surface area contributed by atoms with E-state index < -0.39 is 40.2 Å². The molecule has 1 aliphatic heterocycles. The molecule has 1 heterocycles. The smallest absolute Gasteiger partial charge is 0.363 e. The highest BCUT2D eigenvalue weighted by molar-refractivity contribution is 7.84. The van der Waals surface area contributed by atoms with Crippen molar-refractivity contribution in [1.82, 2.24) is 9.62 Å². The molecule has 0 spiro atoms. The van der Waals surface area contributed by atoms with Gasteiger partial charge >= 0.3 is 16.3 Å². The molecule has 1 fully saturated rings. The normalized spacial score (nSPS) is 23.9. The zero-order valence-electron chi connectivity index (χ0n) is 8.91. The second-order valence-electron chi connectivity index (χ2n) is 3.26. The zero-order chi connectivity index (χ0) is 13.4. The molecule has 1 saturated heterocycles. The lowest BCUT2D eigenvalue weighted by Gasteiger charge is -2.41. The third-order valence-electron chi connectivity index (χ3n) is 2.10. The summed E-state index contributed by atoms with van der Waals surface area (Å²) in [6.07, 6.45) is 0. The number of esters is 1. The van der Waals surface area contributed by atoms with Gasteiger partial charge in [-0.3, -0.25) is 14.1 Å². The van der Waals surface area contributed by atoms with Crippen LogP contribution < -0.4 is 5.32 Å². The number of rotatable bonds is 3. The Bertz CT molecular complexity index is 471. The standard InChI is InChI=1S/C7H10N2O7S/c1-3(10)8-4-5(7(12)16-2)9(6(4)11)17(13,14)15/h4-5H,1-2H3,(H,8,10)(H,13,14,15). The summed E-state index contributed by atoms with van der Waals surface area (Å²) in [5.41, 5.74) is 0. The molecular weight excluding hydrogens is 256 g/mol. The Kier molecular flexibility index (Phi) is 3.38. The van der Waals surface area contributed by atoms with Crippen LogP contribution in [0.2, 0.25) is 0 Å². The topological polar surface area (TPSA) is 130 Å². The van der Waals surface area contributed by atoms with E-state index in [1.54, 1.807) is 0 Å². The average molecular weight is 266 g/mol. The fraction of sp³-hybridized carbons (Fsp3) is 0.571. The molecule has 0 aromatic heterocycles. The summed E-state index contributed by atoms with van der Waals surface area (Å²) < 4.78 is 34.6. The van der Waals surface area contributed by atoms with Crippen LogP contribution in [0.25, 0.3) is 0 Å². The Balaban J connectivity index is 3.01. The number of ether oxygens (including phenoxy) is 1. The van der Waals surface area contributed by atoms with Crippen molar-refractivity contribution in [2.75, 3.05) is 7.11 Å². The highest BCUT2D eigenvalue weighted by atomic mass is 32.2. The monoisotopic (exact) mass is 266 g/mol. The van der Waals surface area contributed by atoms with Crippen LogP contribution in [0.1, 0.15) is 6.92 Å². The fourth-order valence-electron chi connectivity index (χ4n) is 1.43. The number of hydrogen-bond donors (Lipinski definition) is 2. The summed E-state index contributed by atoms with van der Waals surface area (Å²) in [5, 5.41) is 2.09. The molecule has 1 rings (SSSR count). The highest BCUT2D eigenvalue weighted by Crippen LogP contribution is 2.24. The number of nitrogens with one attached hydrogen (secondary N) is 1. The first-order chi connectivity index (χ1) is 7.70. The van der Waals surface area contributed by atoms with E-state index in [4.69, 9.17) is 4.55 Å². The molecule has 0 radical (unpaired) electrons. The lowest BCUT2D eigenvalue weighted by Crippen LogP contribution is -2.74.